The van der Waals surface area contributed by atoms with Crippen LogP contribution in [0.2, 0.25) is 5.02 Å². The Hall–Kier alpha value is -1.59. The number of likely N-dealkylation sites (tertiary alicyclic amines) is 1. The number of hydrogen-bond donors (Lipinski definition) is 2. The summed E-state index contributed by atoms with van der Waals surface area (Å²) >= 11 is 6.03. The Morgan fingerprint density at radius 1 is 1.19 bits per heavy atom. The number of nitrogens with one attached hydrogen (secondary N) is 1. The number of amides is 2. The van der Waals surface area contributed by atoms with Crippen molar-refractivity contribution >= 4 is 23.4 Å². The standard InChI is InChI=1S/C25H37ClN2O3/c1-17(2)21(15-27-22(29)18-7-5-6-8-18)23(30)28-14-13-25(31,24(3,4)16-28)19-9-11-20(26)12-10-19/h9-12,17-18,21,31H,5-8,13-16H2,1-4H3,(H,27,29)/t21-,25?/m0/s1. The van der Waals surface area contributed by atoms with Gasteiger partial charge in [-0.25, -0.2) is 0 Å². The van der Waals surface area contributed by atoms with Gasteiger partial charge in [0.05, 0.1) is 11.5 Å². The number of carbonyl (C=O) groups is 2. The molecule has 1 saturated carbocycles. The first-order chi connectivity index (χ1) is 14.5. The summed E-state index contributed by atoms with van der Waals surface area (Å²) in [6, 6.07) is 7.34. The highest BCUT2D eigenvalue weighted by molar-refractivity contribution is 6.30. The highest BCUT2D eigenvalue weighted by atomic mass is 35.5. The molecule has 2 amide bonds. The summed E-state index contributed by atoms with van der Waals surface area (Å²) in [4.78, 5) is 27.8. The predicted octanol–water partition coefficient (Wildman–Crippen LogP) is 4.36. The fourth-order valence-corrected chi connectivity index (χ4v) is 5.28. The fraction of sp³-hybridized carbons (Fsp3) is 0.680. The van der Waals surface area contributed by atoms with E-state index < -0.39 is 11.0 Å². The van der Waals surface area contributed by atoms with E-state index in [9.17, 15) is 14.7 Å². The van der Waals surface area contributed by atoms with Crippen LogP contribution in [0.1, 0.15) is 65.4 Å². The summed E-state index contributed by atoms with van der Waals surface area (Å²) in [5.41, 5.74) is -0.722. The number of halogens is 1. The molecule has 2 aliphatic rings. The average molecular weight is 449 g/mol. The minimum atomic E-state index is -1.03. The van der Waals surface area contributed by atoms with E-state index in [4.69, 9.17) is 11.6 Å². The third-order valence-electron chi connectivity index (χ3n) is 7.43. The molecule has 1 heterocycles. The van der Waals surface area contributed by atoms with Gasteiger partial charge in [-0.05, 0) is 42.9 Å². The van der Waals surface area contributed by atoms with Crippen molar-refractivity contribution in [3.63, 3.8) is 0 Å². The maximum Gasteiger partial charge on any atom is 0.227 e. The topological polar surface area (TPSA) is 69.6 Å². The van der Waals surface area contributed by atoms with Crippen LogP contribution in [0, 0.1) is 23.2 Å². The van der Waals surface area contributed by atoms with Gasteiger partial charge in [0.2, 0.25) is 11.8 Å². The van der Waals surface area contributed by atoms with Crippen molar-refractivity contribution < 1.29 is 14.7 Å². The minimum absolute atomic E-state index is 0.0629. The van der Waals surface area contributed by atoms with Crippen molar-refractivity contribution in [2.24, 2.45) is 23.2 Å². The van der Waals surface area contributed by atoms with Crippen LogP contribution in [0.15, 0.2) is 24.3 Å². The zero-order valence-corrected chi connectivity index (χ0v) is 20.0. The van der Waals surface area contributed by atoms with Gasteiger partial charge in [0.25, 0.3) is 0 Å². The van der Waals surface area contributed by atoms with E-state index in [0.717, 1.165) is 31.2 Å². The van der Waals surface area contributed by atoms with Gasteiger partial charge in [0.15, 0.2) is 0 Å². The van der Waals surface area contributed by atoms with Gasteiger partial charge >= 0.3 is 0 Å². The molecule has 1 saturated heterocycles. The zero-order chi connectivity index (χ0) is 22.8. The Bertz CT molecular complexity index is 786. The molecule has 5 nitrogen and oxygen atoms in total. The summed E-state index contributed by atoms with van der Waals surface area (Å²) in [5.74, 6) is 0.116. The van der Waals surface area contributed by atoms with Crippen molar-refractivity contribution in [2.45, 2.75) is 65.4 Å². The van der Waals surface area contributed by atoms with E-state index in [-0.39, 0.29) is 29.6 Å². The summed E-state index contributed by atoms with van der Waals surface area (Å²) in [6.45, 7) is 9.41. The maximum absolute atomic E-state index is 13.4. The van der Waals surface area contributed by atoms with E-state index >= 15 is 0 Å². The summed E-state index contributed by atoms with van der Waals surface area (Å²) in [5, 5.41) is 15.3. The van der Waals surface area contributed by atoms with Gasteiger partial charge in [0.1, 0.15) is 0 Å². The first-order valence-electron chi connectivity index (χ1n) is 11.6. The van der Waals surface area contributed by atoms with Crippen molar-refractivity contribution in [3.8, 4) is 0 Å². The second-order valence-corrected chi connectivity index (χ2v) is 10.8. The maximum atomic E-state index is 13.4. The van der Waals surface area contributed by atoms with Crippen molar-refractivity contribution in [3.05, 3.63) is 34.9 Å². The molecule has 0 spiro atoms. The number of carbonyl (C=O) groups excluding carboxylic acids is 2. The average Bonchev–Trinajstić information content (AvgIpc) is 3.25. The van der Waals surface area contributed by atoms with Gasteiger partial charge in [-0.2, -0.15) is 0 Å². The summed E-state index contributed by atoms with van der Waals surface area (Å²) in [6.07, 6.45) is 4.60. The van der Waals surface area contributed by atoms with Crippen LogP contribution >= 0.6 is 11.6 Å². The lowest BCUT2D eigenvalue weighted by Gasteiger charge is -2.51. The van der Waals surface area contributed by atoms with Crippen LogP contribution < -0.4 is 5.32 Å². The molecule has 0 radical (unpaired) electrons. The molecular formula is C25H37ClN2O3. The van der Waals surface area contributed by atoms with Crippen molar-refractivity contribution in [2.75, 3.05) is 19.6 Å². The second-order valence-electron chi connectivity index (χ2n) is 10.3. The molecule has 0 aromatic heterocycles. The van der Waals surface area contributed by atoms with E-state index in [1.807, 2.05) is 44.7 Å². The quantitative estimate of drug-likeness (QED) is 0.679. The SMILES string of the molecule is CC(C)[C@H](CNC(=O)C1CCCC1)C(=O)N1CCC(O)(c2ccc(Cl)cc2)C(C)(C)C1. The Morgan fingerprint density at radius 3 is 2.35 bits per heavy atom. The smallest absolute Gasteiger partial charge is 0.227 e. The van der Waals surface area contributed by atoms with E-state index in [0.29, 0.717) is 31.1 Å². The molecule has 1 unspecified atom stereocenters. The monoisotopic (exact) mass is 448 g/mol. The van der Waals surface area contributed by atoms with Gasteiger partial charge < -0.3 is 15.3 Å². The number of piperidine rings is 1. The highest BCUT2D eigenvalue weighted by Gasteiger charge is 2.50. The van der Waals surface area contributed by atoms with Crippen LogP contribution in [-0.2, 0) is 15.2 Å². The van der Waals surface area contributed by atoms with Crippen LogP contribution in [0.3, 0.4) is 0 Å². The van der Waals surface area contributed by atoms with Crippen molar-refractivity contribution in [1.82, 2.24) is 10.2 Å². The van der Waals surface area contributed by atoms with E-state index in [1.165, 1.54) is 0 Å². The lowest BCUT2D eigenvalue weighted by molar-refractivity contribution is -0.157. The molecule has 3 rings (SSSR count). The Morgan fingerprint density at radius 2 is 1.81 bits per heavy atom. The first-order valence-corrected chi connectivity index (χ1v) is 12.0. The highest BCUT2D eigenvalue weighted by Crippen LogP contribution is 2.46. The lowest BCUT2D eigenvalue weighted by Crippen LogP contribution is -2.58. The molecular weight excluding hydrogens is 412 g/mol. The molecule has 31 heavy (non-hydrogen) atoms. The third kappa shape index (κ3) is 5.09. The van der Waals surface area contributed by atoms with Gasteiger partial charge in [0, 0.05) is 36.0 Å². The van der Waals surface area contributed by atoms with Gasteiger partial charge in [-0.1, -0.05) is 64.3 Å². The minimum Gasteiger partial charge on any atom is -0.384 e. The number of rotatable bonds is 6. The van der Waals surface area contributed by atoms with E-state index in [1.54, 1.807) is 12.1 Å². The van der Waals surface area contributed by atoms with Crippen molar-refractivity contribution in [1.29, 1.82) is 0 Å². The molecule has 6 heteroatoms. The molecule has 0 bridgehead atoms. The summed E-state index contributed by atoms with van der Waals surface area (Å²) < 4.78 is 0. The largest absolute Gasteiger partial charge is 0.384 e. The first kappa shape index (κ1) is 24.1. The van der Waals surface area contributed by atoms with Crippen LogP contribution in [-0.4, -0.2) is 41.5 Å². The van der Waals surface area contributed by atoms with Crippen LogP contribution in [0.25, 0.3) is 0 Å². The molecule has 1 aromatic carbocycles. The molecule has 172 valence electrons. The number of hydrogen-bond acceptors (Lipinski definition) is 3. The summed E-state index contributed by atoms with van der Waals surface area (Å²) in [7, 11) is 0. The molecule has 2 atom stereocenters. The lowest BCUT2D eigenvalue weighted by atomic mass is 9.66. The molecule has 2 fully saturated rings. The molecule has 1 aliphatic heterocycles. The van der Waals surface area contributed by atoms with Gasteiger partial charge in [-0.3, -0.25) is 9.59 Å². The normalized spacial score (nSPS) is 24.9. The number of benzene rings is 1. The molecule has 1 aromatic rings. The number of nitrogens with zero attached hydrogens (tertiary/aromatic N) is 1. The Balaban J connectivity index is 1.68. The van der Waals surface area contributed by atoms with Crippen LogP contribution in [0.4, 0.5) is 0 Å². The Kier molecular flexibility index (Phi) is 7.37. The third-order valence-corrected chi connectivity index (χ3v) is 7.68. The van der Waals surface area contributed by atoms with E-state index in [2.05, 4.69) is 5.32 Å². The molecule has 1 aliphatic carbocycles. The Labute approximate surface area is 191 Å². The molecule has 2 N–H and O–H groups in total. The predicted molar refractivity (Wildman–Crippen MR) is 124 cm³/mol. The zero-order valence-electron chi connectivity index (χ0n) is 19.3. The fourth-order valence-electron chi connectivity index (χ4n) is 5.16. The van der Waals surface area contributed by atoms with Crippen LogP contribution in [0.5, 0.6) is 0 Å². The van der Waals surface area contributed by atoms with Gasteiger partial charge in [-0.15, -0.1) is 0 Å². The number of aliphatic hydroxyl groups is 1. The second kappa shape index (κ2) is 9.50.